The Balaban J connectivity index is 1.64. The molecular formula is C25H26ClN3O4. The van der Waals surface area contributed by atoms with Gasteiger partial charge in [-0.15, -0.1) is 0 Å². The molecule has 0 spiro atoms. The Morgan fingerprint density at radius 2 is 1.85 bits per heavy atom. The van der Waals surface area contributed by atoms with Crippen LogP contribution in [0.1, 0.15) is 30.1 Å². The summed E-state index contributed by atoms with van der Waals surface area (Å²) >= 11 is 6.04. The van der Waals surface area contributed by atoms with Gasteiger partial charge < -0.3 is 15.0 Å². The maximum atomic E-state index is 13.2. The summed E-state index contributed by atoms with van der Waals surface area (Å²) in [6.07, 6.45) is 1.90. The second-order valence-electron chi connectivity index (χ2n) is 8.37. The molecule has 0 bridgehead atoms. The van der Waals surface area contributed by atoms with Gasteiger partial charge in [-0.3, -0.25) is 19.0 Å². The molecule has 33 heavy (non-hydrogen) atoms. The van der Waals surface area contributed by atoms with E-state index in [0.717, 1.165) is 12.8 Å². The zero-order chi connectivity index (χ0) is 23.5. The van der Waals surface area contributed by atoms with E-state index in [4.69, 9.17) is 16.3 Å². The molecule has 8 heteroatoms. The minimum Gasteiger partial charge on any atom is -0.495 e. The number of ether oxygens (including phenoxy) is 1. The monoisotopic (exact) mass is 467 g/mol. The zero-order valence-corrected chi connectivity index (χ0v) is 19.4. The second-order valence-corrected chi connectivity index (χ2v) is 8.80. The molecule has 0 saturated carbocycles. The molecule has 1 fully saturated rings. The third kappa shape index (κ3) is 4.88. The normalized spacial score (nSPS) is 14.3. The van der Waals surface area contributed by atoms with Gasteiger partial charge >= 0.3 is 0 Å². The number of hydrogen-bond acceptors (Lipinski definition) is 4. The number of piperidine rings is 1. The predicted molar refractivity (Wildman–Crippen MR) is 129 cm³/mol. The van der Waals surface area contributed by atoms with E-state index in [9.17, 15) is 14.4 Å². The number of pyridine rings is 1. The van der Waals surface area contributed by atoms with Gasteiger partial charge in [0, 0.05) is 29.6 Å². The fourth-order valence-electron chi connectivity index (χ4n) is 4.17. The summed E-state index contributed by atoms with van der Waals surface area (Å²) in [5, 5.41) is 3.85. The maximum Gasteiger partial charge on any atom is 0.254 e. The Morgan fingerprint density at radius 3 is 2.58 bits per heavy atom. The van der Waals surface area contributed by atoms with Gasteiger partial charge in [0.15, 0.2) is 0 Å². The first-order valence-corrected chi connectivity index (χ1v) is 11.3. The first-order valence-electron chi connectivity index (χ1n) is 10.9. The molecule has 1 aromatic heterocycles. The van der Waals surface area contributed by atoms with Crippen LogP contribution in [0.15, 0.2) is 53.3 Å². The van der Waals surface area contributed by atoms with Gasteiger partial charge in [0.2, 0.25) is 5.91 Å². The van der Waals surface area contributed by atoms with Crippen LogP contribution in [0.25, 0.3) is 10.9 Å². The number of aromatic nitrogens is 1. The number of para-hydroxylation sites is 1. The zero-order valence-electron chi connectivity index (χ0n) is 18.6. The fraction of sp³-hybridized carbons (Fsp3) is 0.320. The molecule has 2 amide bonds. The summed E-state index contributed by atoms with van der Waals surface area (Å²) in [4.78, 5) is 40.9. The Labute approximate surface area is 196 Å². The largest absolute Gasteiger partial charge is 0.495 e. The van der Waals surface area contributed by atoms with Gasteiger partial charge in [-0.25, -0.2) is 0 Å². The van der Waals surface area contributed by atoms with E-state index in [2.05, 4.69) is 12.2 Å². The van der Waals surface area contributed by atoms with Crippen molar-refractivity contribution in [3.05, 3.63) is 69.5 Å². The van der Waals surface area contributed by atoms with Crippen LogP contribution in [0.4, 0.5) is 5.69 Å². The Hall–Kier alpha value is -3.32. The van der Waals surface area contributed by atoms with Gasteiger partial charge in [0.05, 0.1) is 23.9 Å². The number of benzene rings is 2. The highest BCUT2D eigenvalue weighted by Gasteiger charge is 2.24. The lowest BCUT2D eigenvalue weighted by Crippen LogP contribution is -2.39. The van der Waals surface area contributed by atoms with Crippen LogP contribution in [-0.4, -0.2) is 41.5 Å². The van der Waals surface area contributed by atoms with Crippen molar-refractivity contribution in [1.82, 2.24) is 9.47 Å². The van der Waals surface area contributed by atoms with Crippen LogP contribution in [0.3, 0.4) is 0 Å². The number of rotatable bonds is 5. The Morgan fingerprint density at radius 1 is 1.12 bits per heavy atom. The predicted octanol–water partition coefficient (Wildman–Crippen LogP) is 4.17. The highest BCUT2D eigenvalue weighted by atomic mass is 35.5. The maximum absolute atomic E-state index is 13.2. The summed E-state index contributed by atoms with van der Waals surface area (Å²) in [6, 6.07) is 13.4. The van der Waals surface area contributed by atoms with E-state index in [-0.39, 0.29) is 12.5 Å². The molecule has 1 saturated heterocycles. The number of likely N-dealkylation sites (tertiary alicyclic amines) is 1. The number of halogens is 1. The molecular weight excluding hydrogens is 442 g/mol. The van der Waals surface area contributed by atoms with Gasteiger partial charge in [0.1, 0.15) is 12.3 Å². The molecule has 172 valence electrons. The molecule has 3 aromatic rings. The topological polar surface area (TPSA) is 80.6 Å². The van der Waals surface area contributed by atoms with Gasteiger partial charge in [-0.2, -0.15) is 0 Å². The van der Waals surface area contributed by atoms with Crippen molar-refractivity contribution < 1.29 is 14.3 Å². The molecule has 1 aliphatic heterocycles. The van der Waals surface area contributed by atoms with Crippen LogP contribution >= 0.6 is 11.6 Å². The molecule has 2 heterocycles. The number of nitrogens with zero attached hydrogens (tertiary/aromatic N) is 2. The molecule has 0 unspecified atom stereocenters. The summed E-state index contributed by atoms with van der Waals surface area (Å²) in [6.45, 7) is 3.33. The molecule has 1 N–H and O–H groups in total. The number of fused-ring (bicyclic) bond motifs is 1. The van der Waals surface area contributed by atoms with E-state index >= 15 is 0 Å². The Bertz CT molecular complexity index is 1260. The number of amides is 2. The van der Waals surface area contributed by atoms with Crippen molar-refractivity contribution in [1.29, 1.82) is 0 Å². The summed E-state index contributed by atoms with van der Waals surface area (Å²) in [7, 11) is 1.50. The van der Waals surface area contributed by atoms with Gasteiger partial charge in [-0.05, 0) is 43.0 Å². The van der Waals surface area contributed by atoms with Crippen molar-refractivity contribution in [2.75, 3.05) is 25.5 Å². The first kappa shape index (κ1) is 22.9. The number of anilines is 1. The smallest absolute Gasteiger partial charge is 0.254 e. The third-order valence-electron chi connectivity index (χ3n) is 6.06. The minimum atomic E-state index is -0.410. The molecule has 0 aliphatic carbocycles. The minimum absolute atomic E-state index is 0.143. The number of carbonyl (C=O) groups excluding carboxylic acids is 2. The van der Waals surface area contributed by atoms with Crippen molar-refractivity contribution in [3.8, 4) is 5.75 Å². The van der Waals surface area contributed by atoms with Crippen molar-refractivity contribution in [3.63, 3.8) is 0 Å². The lowest BCUT2D eigenvalue weighted by molar-refractivity contribution is -0.116. The lowest BCUT2D eigenvalue weighted by Gasteiger charge is -2.30. The SMILES string of the molecule is COc1ccc(Cl)cc1NC(=O)Cn1c(=O)cc(C(=O)N2CCC(C)CC2)c2ccccc21. The van der Waals surface area contributed by atoms with Crippen LogP contribution in [0, 0.1) is 5.92 Å². The molecule has 2 aromatic carbocycles. The highest BCUT2D eigenvalue weighted by molar-refractivity contribution is 6.31. The van der Waals surface area contributed by atoms with Gasteiger partial charge in [-0.1, -0.05) is 36.7 Å². The third-order valence-corrected chi connectivity index (χ3v) is 6.29. The average Bonchev–Trinajstić information content (AvgIpc) is 2.81. The van der Waals surface area contributed by atoms with E-state index in [1.165, 1.54) is 17.7 Å². The fourth-order valence-corrected chi connectivity index (χ4v) is 4.34. The van der Waals surface area contributed by atoms with Crippen LogP contribution in [-0.2, 0) is 11.3 Å². The number of hydrogen-bond donors (Lipinski definition) is 1. The number of nitrogens with one attached hydrogen (secondary N) is 1. The number of methoxy groups -OCH3 is 1. The van der Waals surface area contributed by atoms with E-state index in [1.807, 2.05) is 17.0 Å². The summed E-state index contributed by atoms with van der Waals surface area (Å²) in [5.41, 5.74) is 0.916. The molecule has 0 radical (unpaired) electrons. The van der Waals surface area contributed by atoms with E-state index in [1.54, 1.807) is 30.3 Å². The molecule has 0 atom stereocenters. The van der Waals surface area contributed by atoms with E-state index < -0.39 is 11.5 Å². The highest BCUT2D eigenvalue weighted by Crippen LogP contribution is 2.28. The van der Waals surface area contributed by atoms with Gasteiger partial charge in [0.25, 0.3) is 11.5 Å². The van der Waals surface area contributed by atoms with Crippen molar-refractivity contribution in [2.24, 2.45) is 5.92 Å². The Kier molecular flexibility index (Phi) is 6.70. The number of carbonyl (C=O) groups is 2. The first-order chi connectivity index (χ1) is 15.9. The molecule has 7 nitrogen and oxygen atoms in total. The quantitative estimate of drug-likeness (QED) is 0.610. The standard InChI is InChI=1S/C25H26ClN3O4/c1-16-9-11-28(12-10-16)25(32)19-14-24(31)29(21-6-4-3-5-18(19)21)15-23(30)27-20-13-17(26)7-8-22(20)33-2/h3-8,13-14,16H,9-12,15H2,1-2H3,(H,27,30). The van der Waals surface area contributed by atoms with Crippen molar-refractivity contribution >= 4 is 40.0 Å². The van der Waals surface area contributed by atoms with Crippen LogP contribution in [0.5, 0.6) is 5.75 Å². The molecule has 4 rings (SSSR count). The molecule has 1 aliphatic rings. The summed E-state index contributed by atoms with van der Waals surface area (Å²) < 4.78 is 6.64. The van der Waals surface area contributed by atoms with Crippen LogP contribution < -0.4 is 15.6 Å². The van der Waals surface area contributed by atoms with Crippen molar-refractivity contribution in [2.45, 2.75) is 26.3 Å². The van der Waals surface area contributed by atoms with E-state index in [0.29, 0.717) is 51.9 Å². The average molecular weight is 468 g/mol. The lowest BCUT2D eigenvalue weighted by atomic mass is 9.98. The van der Waals surface area contributed by atoms with Crippen LogP contribution in [0.2, 0.25) is 5.02 Å². The second kappa shape index (κ2) is 9.67. The summed E-state index contributed by atoms with van der Waals surface area (Å²) in [5.74, 6) is 0.500.